The van der Waals surface area contributed by atoms with Crippen LogP contribution in [-0.2, 0) is 23.5 Å². The van der Waals surface area contributed by atoms with Crippen LogP contribution < -0.4 is 10.6 Å². The number of anilines is 2. The molecule has 0 spiro atoms. The number of alkyl halides is 3. The number of halogens is 3. The van der Waals surface area contributed by atoms with Gasteiger partial charge in [-0.1, -0.05) is 12.1 Å². The maximum atomic E-state index is 12.7. The summed E-state index contributed by atoms with van der Waals surface area (Å²) in [5, 5.41) is 10.5. The van der Waals surface area contributed by atoms with Crippen LogP contribution in [-0.4, -0.2) is 30.8 Å². The average molecular weight is 498 g/mol. The van der Waals surface area contributed by atoms with Crippen molar-refractivity contribution in [2.75, 3.05) is 16.4 Å². The molecule has 2 N–H and O–H groups in total. The molecule has 2 aromatic heterocycles. The zero-order valence-electron chi connectivity index (χ0n) is 18.0. The third-order valence-electron chi connectivity index (χ3n) is 5.44. The first-order valence-corrected chi connectivity index (χ1v) is 11.9. The van der Waals surface area contributed by atoms with Crippen molar-refractivity contribution in [3.8, 4) is 22.4 Å². The molecule has 178 valence electrons. The summed E-state index contributed by atoms with van der Waals surface area (Å²) in [6.07, 6.45) is -1.13. The second-order valence-electron chi connectivity index (χ2n) is 7.77. The lowest BCUT2D eigenvalue weighted by Gasteiger charge is -2.11. The smallest absolute Gasteiger partial charge is 0.308 e. The molecule has 4 aromatic rings. The quantitative estimate of drug-likeness (QED) is 0.395. The molecule has 35 heavy (non-hydrogen) atoms. The number of hydrogen-bond donors (Lipinski definition) is 2. The maximum Gasteiger partial charge on any atom is 0.416 e. The van der Waals surface area contributed by atoms with Crippen molar-refractivity contribution in [1.29, 1.82) is 0 Å². The lowest BCUT2D eigenvalue weighted by atomic mass is 10.0. The molecule has 0 saturated carbocycles. The highest BCUT2D eigenvalue weighted by Gasteiger charge is 2.30. The first-order valence-electron chi connectivity index (χ1n) is 10.5. The fourth-order valence-electron chi connectivity index (χ4n) is 3.86. The fraction of sp³-hybridized carbons (Fsp3) is 0.125. The van der Waals surface area contributed by atoms with E-state index < -0.39 is 28.6 Å². The van der Waals surface area contributed by atoms with Gasteiger partial charge in [0.2, 0.25) is 0 Å². The molecule has 1 unspecified atom stereocenters. The monoisotopic (exact) mass is 497 g/mol. The number of pyridine rings is 1. The molecular formula is C24H18F3N5O2S. The summed E-state index contributed by atoms with van der Waals surface area (Å²) in [5.41, 5.74) is 2.82. The van der Waals surface area contributed by atoms with Gasteiger partial charge >= 0.3 is 12.2 Å². The van der Waals surface area contributed by atoms with Crippen LogP contribution in [0.25, 0.3) is 22.4 Å². The Morgan fingerprint density at radius 3 is 2.37 bits per heavy atom. The van der Waals surface area contributed by atoms with Gasteiger partial charge in [-0.25, -0.2) is 4.79 Å². The molecule has 0 saturated heterocycles. The summed E-state index contributed by atoms with van der Waals surface area (Å²) in [4.78, 5) is 16.5. The number of carbonyl (C=O) groups excluding carboxylic acids is 1. The Bertz CT molecular complexity index is 1420. The standard InChI is InChI=1S/C24H18F3N5O2S/c25-24(26,27)17-4-6-18(7-5-17)29-23(33)30-19-3-1-2-16(14-19)21-20(15-8-10-28-11-9-15)22-32(31-21)12-13-35(22)34/h1-11,14H,12-13H2,(H2,29,30,33). The number of nitrogens with zero attached hydrogens (tertiary/aromatic N) is 3. The Morgan fingerprint density at radius 1 is 0.943 bits per heavy atom. The van der Waals surface area contributed by atoms with Gasteiger partial charge in [-0.3, -0.25) is 13.9 Å². The van der Waals surface area contributed by atoms with Crippen LogP contribution in [0.1, 0.15) is 5.56 Å². The van der Waals surface area contributed by atoms with Crippen molar-refractivity contribution >= 4 is 28.2 Å². The van der Waals surface area contributed by atoms with Crippen molar-refractivity contribution in [3.63, 3.8) is 0 Å². The molecule has 0 bridgehead atoms. The third kappa shape index (κ3) is 4.67. The first kappa shape index (κ1) is 22.8. The molecule has 2 amide bonds. The Morgan fingerprint density at radius 2 is 1.66 bits per heavy atom. The average Bonchev–Trinajstić information content (AvgIpc) is 3.39. The molecule has 0 aliphatic carbocycles. The van der Waals surface area contributed by atoms with E-state index in [-0.39, 0.29) is 5.69 Å². The van der Waals surface area contributed by atoms with Crippen molar-refractivity contribution in [1.82, 2.24) is 14.8 Å². The highest BCUT2D eigenvalue weighted by atomic mass is 32.2. The van der Waals surface area contributed by atoms with Crippen LogP contribution in [0.2, 0.25) is 0 Å². The minimum absolute atomic E-state index is 0.222. The largest absolute Gasteiger partial charge is 0.416 e. The second-order valence-corrected chi connectivity index (χ2v) is 9.26. The van der Waals surface area contributed by atoms with Gasteiger partial charge in [-0.2, -0.15) is 18.3 Å². The number of urea groups is 1. The van der Waals surface area contributed by atoms with Crippen LogP contribution in [0.4, 0.5) is 29.3 Å². The number of hydrogen-bond acceptors (Lipinski definition) is 4. The van der Waals surface area contributed by atoms with Crippen molar-refractivity contribution in [2.24, 2.45) is 0 Å². The molecule has 0 radical (unpaired) electrons. The van der Waals surface area contributed by atoms with Crippen LogP contribution >= 0.6 is 0 Å². The van der Waals surface area contributed by atoms with E-state index in [4.69, 9.17) is 0 Å². The molecule has 1 aliphatic heterocycles. The van der Waals surface area contributed by atoms with E-state index in [1.807, 2.05) is 18.2 Å². The van der Waals surface area contributed by atoms with Gasteiger partial charge in [0.05, 0.1) is 22.9 Å². The summed E-state index contributed by atoms with van der Waals surface area (Å²) in [7, 11) is -1.18. The highest BCUT2D eigenvalue weighted by Crippen LogP contribution is 2.38. The summed E-state index contributed by atoms with van der Waals surface area (Å²) in [6, 6.07) is 14.2. The third-order valence-corrected chi connectivity index (χ3v) is 6.84. The minimum Gasteiger partial charge on any atom is -0.308 e. The predicted octanol–water partition coefficient (Wildman–Crippen LogP) is 5.40. The van der Waals surface area contributed by atoms with Gasteiger partial charge in [0.25, 0.3) is 0 Å². The normalized spacial score (nSPS) is 15.0. The van der Waals surface area contributed by atoms with E-state index in [0.29, 0.717) is 34.3 Å². The highest BCUT2D eigenvalue weighted by molar-refractivity contribution is 7.85. The predicted molar refractivity (Wildman–Crippen MR) is 126 cm³/mol. The van der Waals surface area contributed by atoms with Gasteiger partial charge in [0, 0.05) is 40.6 Å². The van der Waals surface area contributed by atoms with Gasteiger partial charge < -0.3 is 10.6 Å². The number of aryl methyl sites for hydroxylation is 1. The Balaban J connectivity index is 1.40. The molecule has 1 aliphatic rings. The molecule has 3 heterocycles. The number of fused-ring (bicyclic) bond motifs is 1. The molecule has 0 fully saturated rings. The molecule has 1 atom stereocenters. The fourth-order valence-corrected chi connectivity index (χ4v) is 5.20. The van der Waals surface area contributed by atoms with E-state index in [1.54, 1.807) is 35.3 Å². The molecule has 2 aromatic carbocycles. The summed E-state index contributed by atoms with van der Waals surface area (Å²) in [5.74, 6) is 0.506. The topological polar surface area (TPSA) is 88.9 Å². The number of aromatic nitrogens is 3. The SMILES string of the molecule is O=C(Nc1ccc(C(F)(F)F)cc1)Nc1cccc(-c2nn3c(c2-c2ccncc2)S(=O)CC3)c1. The first-order chi connectivity index (χ1) is 16.8. The second kappa shape index (κ2) is 8.99. The maximum absolute atomic E-state index is 12.7. The zero-order valence-corrected chi connectivity index (χ0v) is 18.9. The van der Waals surface area contributed by atoms with Gasteiger partial charge in [-0.05, 0) is 54.1 Å². The van der Waals surface area contributed by atoms with Crippen molar-refractivity contribution < 1.29 is 22.2 Å². The number of amides is 2. The van der Waals surface area contributed by atoms with Crippen LogP contribution in [0.3, 0.4) is 0 Å². The number of rotatable bonds is 4. The van der Waals surface area contributed by atoms with Gasteiger partial charge in [0.15, 0.2) is 0 Å². The zero-order chi connectivity index (χ0) is 24.6. The van der Waals surface area contributed by atoms with Crippen LogP contribution in [0.5, 0.6) is 0 Å². The molecular weight excluding hydrogens is 479 g/mol. The van der Waals surface area contributed by atoms with E-state index in [9.17, 15) is 22.2 Å². The summed E-state index contributed by atoms with van der Waals surface area (Å²) < 4.78 is 52.6. The van der Waals surface area contributed by atoms with Crippen LogP contribution in [0.15, 0.2) is 78.1 Å². The van der Waals surface area contributed by atoms with E-state index in [1.165, 1.54) is 12.1 Å². The lowest BCUT2D eigenvalue weighted by Crippen LogP contribution is -2.19. The molecule has 7 nitrogen and oxygen atoms in total. The summed E-state index contributed by atoms with van der Waals surface area (Å²) >= 11 is 0. The minimum atomic E-state index is -4.45. The molecule has 5 rings (SSSR count). The van der Waals surface area contributed by atoms with Gasteiger partial charge in [-0.15, -0.1) is 0 Å². The van der Waals surface area contributed by atoms with E-state index in [2.05, 4.69) is 20.7 Å². The van der Waals surface area contributed by atoms with Crippen LogP contribution in [0, 0.1) is 0 Å². The molecule has 11 heteroatoms. The Kier molecular flexibility index (Phi) is 5.85. The van der Waals surface area contributed by atoms with Crippen molar-refractivity contribution in [3.05, 3.63) is 78.6 Å². The number of benzene rings is 2. The Hall–Kier alpha value is -3.99. The van der Waals surface area contributed by atoms with Crippen molar-refractivity contribution in [2.45, 2.75) is 17.7 Å². The lowest BCUT2D eigenvalue weighted by molar-refractivity contribution is -0.137. The number of carbonyl (C=O) groups is 1. The number of nitrogens with one attached hydrogen (secondary N) is 2. The Labute approximate surface area is 200 Å². The van der Waals surface area contributed by atoms with E-state index in [0.717, 1.165) is 23.3 Å². The van der Waals surface area contributed by atoms with Gasteiger partial charge in [0.1, 0.15) is 10.7 Å². The van der Waals surface area contributed by atoms with E-state index >= 15 is 0 Å². The summed E-state index contributed by atoms with van der Waals surface area (Å²) in [6.45, 7) is 0.549.